The second kappa shape index (κ2) is 5.81. The Morgan fingerprint density at radius 1 is 1.33 bits per heavy atom. The van der Waals surface area contributed by atoms with Gasteiger partial charge in [-0.3, -0.25) is 4.79 Å². The van der Waals surface area contributed by atoms with Crippen molar-refractivity contribution in [3.8, 4) is 0 Å². The topological polar surface area (TPSA) is 20.3 Å². The second-order valence-corrected chi connectivity index (χ2v) is 7.08. The Kier molecular flexibility index (Phi) is 4.58. The standard InChI is InChI=1S/C15H26ClNO/c1-15(2)8-4-3-5-13(15)14(18)17-10-7-12(11-17)6-9-16/h12-13H,3-11H2,1-2H3. The minimum absolute atomic E-state index is 0.194. The number of amides is 1. The average Bonchev–Trinajstić information content (AvgIpc) is 2.77. The number of likely N-dealkylation sites (tertiary alicyclic amines) is 1. The number of halogens is 1. The van der Waals surface area contributed by atoms with Gasteiger partial charge in [0, 0.05) is 24.9 Å². The van der Waals surface area contributed by atoms with Gasteiger partial charge in [-0.05, 0) is 37.0 Å². The van der Waals surface area contributed by atoms with Crippen LogP contribution in [0.3, 0.4) is 0 Å². The lowest BCUT2D eigenvalue weighted by molar-refractivity contribution is -0.140. The highest BCUT2D eigenvalue weighted by atomic mass is 35.5. The molecule has 1 aliphatic heterocycles. The first kappa shape index (κ1) is 14.2. The van der Waals surface area contributed by atoms with Gasteiger partial charge in [0.2, 0.25) is 5.91 Å². The summed E-state index contributed by atoms with van der Waals surface area (Å²) in [7, 11) is 0. The van der Waals surface area contributed by atoms with Crippen LogP contribution in [0.4, 0.5) is 0 Å². The predicted molar refractivity (Wildman–Crippen MR) is 75.8 cm³/mol. The molecule has 0 spiro atoms. The molecule has 104 valence electrons. The van der Waals surface area contributed by atoms with E-state index >= 15 is 0 Å². The zero-order valence-corrected chi connectivity index (χ0v) is 12.5. The zero-order valence-electron chi connectivity index (χ0n) is 11.8. The SMILES string of the molecule is CC1(C)CCCCC1C(=O)N1CCC(CCCl)C1. The smallest absolute Gasteiger partial charge is 0.226 e. The Labute approximate surface area is 116 Å². The van der Waals surface area contributed by atoms with Crippen molar-refractivity contribution >= 4 is 17.5 Å². The molecule has 2 nitrogen and oxygen atoms in total. The molecule has 18 heavy (non-hydrogen) atoms. The fourth-order valence-electron chi connectivity index (χ4n) is 3.59. The molecule has 2 atom stereocenters. The molecule has 2 rings (SSSR count). The van der Waals surface area contributed by atoms with Crippen LogP contribution >= 0.6 is 11.6 Å². The Morgan fingerprint density at radius 3 is 2.78 bits per heavy atom. The second-order valence-electron chi connectivity index (χ2n) is 6.70. The molecule has 0 aromatic rings. The summed E-state index contributed by atoms with van der Waals surface area (Å²) in [5.41, 5.74) is 0.194. The Bertz CT molecular complexity index is 303. The molecule has 1 aliphatic carbocycles. The Hall–Kier alpha value is -0.240. The number of hydrogen-bond acceptors (Lipinski definition) is 1. The van der Waals surface area contributed by atoms with Crippen LogP contribution in [0.15, 0.2) is 0 Å². The molecular weight excluding hydrogens is 246 g/mol. The first-order valence-corrected chi connectivity index (χ1v) is 7.93. The Balaban J connectivity index is 1.95. The fraction of sp³-hybridized carbons (Fsp3) is 0.933. The van der Waals surface area contributed by atoms with Crippen molar-refractivity contribution in [1.82, 2.24) is 4.90 Å². The number of carbonyl (C=O) groups is 1. The largest absolute Gasteiger partial charge is 0.342 e. The Morgan fingerprint density at radius 2 is 2.11 bits per heavy atom. The van der Waals surface area contributed by atoms with Crippen LogP contribution in [0.2, 0.25) is 0 Å². The molecule has 1 saturated carbocycles. The summed E-state index contributed by atoms with van der Waals surface area (Å²) in [6.45, 7) is 6.42. The minimum atomic E-state index is 0.194. The monoisotopic (exact) mass is 271 g/mol. The van der Waals surface area contributed by atoms with Crippen LogP contribution in [-0.4, -0.2) is 29.8 Å². The minimum Gasteiger partial charge on any atom is -0.342 e. The van der Waals surface area contributed by atoms with E-state index in [-0.39, 0.29) is 11.3 Å². The lowest BCUT2D eigenvalue weighted by Gasteiger charge is -2.39. The highest BCUT2D eigenvalue weighted by Crippen LogP contribution is 2.42. The van der Waals surface area contributed by atoms with Crippen molar-refractivity contribution in [2.24, 2.45) is 17.3 Å². The molecular formula is C15H26ClNO. The summed E-state index contributed by atoms with van der Waals surface area (Å²) < 4.78 is 0. The van der Waals surface area contributed by atoms with Crippen LogP contribution in [0, 0.1) is 17.3 Å². The average molecular weight is 272 g/mol. The number of rotatable bonds is 3. The summed E-state index contributed by atoms with van der Waals surface area (Å²) in [5, 5.41) is 0. The fourth-order valence-corrected chi connectivity index (χ4v) is 3.90. The molecule has 2 fully saturated rings. The van der Waals surface area contributed by atoms with Crippen LogP contribution in [-0.2, 0) is 4.79 Å². The number of carbonyl (C=O) groups excluding carboxylic acids is 1. The van der Waals surface area contributed by atoms with Gasteiger partial charge in [0.25, 0.3) is 0 Å². The van der Waals surface area contributed by atoms with Gasteiger partial charge in [-0.15, -0.1) is 11.6 Å². The molecule has 1 saturated heterocycles. The quantitative estimate of drug-likeness (QED) is 0.717. The molecule has 0 radical (unpaired) electrons. The van der Waals surface area contributed by atoms with E-state index in [1.54, 1.807) is 0 Å². The lowest BCUT2D eigenvalue weighted by atomic mass is 9.68. The first-order valence-electron chi connectivity index (χ1n) is 7.39. The third-order valence-corrected chi connectivity index (χ3v) is 5.14. The zero-order chi connectivity index (χ0) is 13.2. The van der Waals surface area contributed by atoms with E-state index in [1.165, 1.54) is 19.3 Å². The molecule has 0 aromatic heterocycles. The number of alkyl halides is 1. The summed E-state index contributed by atoms with van der Waals surface area (Å²) in [6, 6.07) is 0. The van der Waals surface area contributed by atoms with E-state index in [0.717, 1.165) is 38.2 Å². The van der Waals surface area contributed by atoms with Crippen molar-refractivity contribution in [3.63, 3.8) is 0 Å². The summed E-state index contributed by atoms with van der Waals surface area (Å²) >= 11 is 5.80. The third kappa shape index (κ3) is 3.01. The highest BCUT2D eigenvalue weighted by Gasteiger charge is 2.40. The predicted octanol–water partition coefficient (Wildman–Crippen LogP) is 3.68. The van der Waals surface area contributed by atoms with Crippen molar-refractivity contribution in [2.75, 3.05) is 19.0 Å². The maximum Gasteiger partial charge on any atom is 0.226 e. The maximum absolute atomic E-state index is 12.7. The normalized spacial score (nSPS) is 31.6. The molecule has 0 bridgehead atoms. The first-order chi connectivity index (χ1) is 8.54. The third-order valence-electron chi connectivity index (χ3n) is 4.92. The van der Waals surface area contributed by atoms with Gasteiger partial charge < -0.3 is 4.90 Å². The van der Waals surface area contributed by atoms with Crippen LogP contribution in [0.5, 0.6) is 0 Å². The summed E-state index contributed by atoms with van der Waals surface area (Å²) in [4.78, 5) is 14.8. The summed E-state index contributed by atoms with van der Waals surface area (Å²) in [6.07, 6.45) is 6.99. The molecule has 3 heteroatoms. The van der Waals surface area contributed by atoms with Gasteiger partial charge in [0.15, 0.2) is 0 Å². The number of hydrogen-bond donors (Lipinski definition) is 0. The van der Waals surface area contributed by atoms with Crippen LogP contribution < -0.4 is 0 Å². The van der Waals surface area contributed by atoms with Gasteiger partial charge in [0.05, 0.1) is 0 Å². The molecule has 2 aliphatic rings. The molecule has 2 unspecified atom stereocenters. The van der Waals surface area contributed by atoms with Crippen molar-refractivity contribution in [1.29, 1.82) is 0 Å². The number of nitrogens with zero attached hydrogens (tertiary/aromatic N) is 1. The van der Waals surface area contributed by atoms with Gasteiger partial charge in [-0.2, -0.15) is 0 Å². The molecule has 1 heterocycles. The maximum atomic E-state index is 12.7. The van der Waals surface area contributed by atoms with E-state index in [0.29, 0.717) is 11.8 Å². The van der Waals surface area contributed by atoms with Gasteiger partial charge in [-0.1, -0.05) is 26.7 Å². The van der Waals surface area contributed by atoms with E-state index < -0.39 is 0 Å². The van der Waals surface area contributed by atoms with Gasteiger partial charge >= 0.3 is 0 Å². The lowest BCUT2D eigenvalue weighted by Crippen LogP contribution is -2.42. The van der Waals surface area contributed by atoms with Gasteiger partial charge in [0.1, 0.15) is 0 Å². The van der Waals surface area contributed by atoms with Crippen molar-refractivity contribution in [3.05, 3.63) is 0 Å². The van der Waals surface area contributed by atoms with Crippen LogP contribution in [0.1, 0.15) is 52.4 Å². The van der Waals surface area contributed by atoms with Crippen LogP contribution in [0.25, 0.3) is 0 Å². The van der Waals surface area contributed by atoms with Crippen molar-refractivity contribution in [2.45, 2.75) is 52.4 Å². The van der Waals surface area contributed by atoms with Crippen molar-refractivity contribution < 1.29 is 4.79 Å². The molecule has 0 aromatic carbocycles. The molecule has 0 N–H and O–H groups in total. The van der Waals surface area contributed by atoms with E-state index in [1.807, 2.05) is 0 Å². The van der Waals surface area contributed by atoms with Gasteiger partial charge in [-0.25, -0.2) is 0 Å². The highest BCUT2D eigenvalue weighted by molar-refractivity contribution is 6.17. The van der Waals surface area contributed by atoms with E-state index in [4.69, 9.17) is 11.6 Å². The van der Waals surface area contributed by atoms with E-state index in [2.05, 4.69) is 18.7 Å². The van der Waals surface area contributed by atoms with E-state index in [9.17, 15) is 4.79 Å². The molecule has 1 amide bonds. The summed E-state index contributed by atoms with van der Waals surface area (Å²) in [5.74, 6) is 2.03.